The van der Waals surface area contributed by atoms with Gasteiger partial charge in [0.15, 0.2) is 5.78 Å². The zero-order chi connectivity index (χ0) is 21.3. The van der Waals surface area contributed by atoms with Gasteiger partial charge in [-0.05, 0) is 38.8 Å². The molecular formula is C22H25N5O3. The maximum absolute atomic E-state index is 13.0. The Morgan fingerprint density at radius 3 is 2.70 bits per heavy atom. The minimum absolute atomic E-state index is 0.0400. The average molecular weight is 407 g/mol. The molecule has 0 radical (unpaired) electrons. The summed E-state index contributed by atoms with van der Waals surface area (Å²) in [6, 6.07) is 9.45. The van der Waals surface area contributed by atoms with Crippen LogP contribution in [0.25, 0.3) is 5.69 Å². The third-order valence-corrected chi connectivity index (χ3v) is 5.75. The molecule has 0 bridgehead atoms. The average Bonchev–Trinajstić information content (AvgIpc) is 3.46. The molecule has 3 aromatic rings. The van der Waals surface area contributed by atoms with Gasteiger partial charge in [0.25, 0.3) is 0 Å². The molecule has 4 rings (SSSR count). The number of nitrogen functional groups attached to an aromatic ring is 1. The third-order valence-electron chi connectivity index (χ3n) is 5.75. The molecule has 1 amide bonds. The maximum atomic E-state index is 13.0. The first-order valence-electron chi connectivity index (χ1n) is 10.1. The molecule has 156 valence electrons. The Kier molecular flexibility index (Phi) is 5.39. The van der Waals surface area contributed by atoms with Crippen LogP contribution in [0.5, 0.6) is 0 Å². The number of para-hydroxylation sites is 1. The number of hydrogen-bond acceptors (Lipinski definition) is 6. The maximum Gasteiger partial charge on any atom is 0.222 e. The smallest absolute Gasteiger partial charge is 0.222 e. The number of ketones is 1. The van der Waals surface area contributed by atoms with E-state index in [9.17, 15) is 9.59 Å². The summed E-state index contributed by atoms with van der Waals surface area (Å²) in [6.07, 6.45) is 3.11. The molecule has 2 aromatic heterocycles. The predicted octanol–water partition coefficient (Wildman–Crippen LogP) is 2.72. The first-order valence-corrected chi connectivity index (χ1v) is 10.1. The summed E-state index contributed by atoms with van der Waals surface area (Å²) in [7, 11) is 0. The van der Waals surface area contributed by atoms with Crippen LogP contribution in [0.4, 0.5) is 5.82 Å². The highest BCUT2D eigenvalue weighted by atomic mass is 16.5. The van der Waals surface area contributed by atoms with Crippen molar-refractivity contribution in [2.24, 2.45) is 5.92 Å². The largest absolute Gasteiger partial charge is 0.383 e. The second-order valence-corrected chi connectivity index (χ2v) is 7.68. The van der Waals surface area contributed by atoms with E-state index in [1.165, 1.54) is 6.20 Å². The van der Waals surface area contributed by atoms with Gasteiger partial charge in [-0.2, -0.15) is 5.10 Å². The van der Waals surface area contributed by atoms with Crippen LogP contribution >= 0.6 is 0 Å². The molecule has 1 saturated heterocycles. The number of amides is 1. The SMILES string of the molecule is Cc1noc(C)c1CCC(=O)N1CC[C@H](C(=O)c2cnn(-c3ccccc3)c2N)C1. The Balaban J connectivity index is 1.39. The second-order valence-electron chi connectivity index (χ2n) is 7.68. The Labute approximate surface area is 174 Å². The van der Waals surface area contributed by atoms with Gasteiger partial charge < -0.3 is 15.2 Å². The molecule has 1 aliphatic heterocycles. The van der Waals surface area contributed by atoms with Gasteiger partial charge >= 0.3 is 0 Å². The number of nitrogens with two attached hydrogens (primary N) is 1. The van der Waals surface area contributed by atoms with Crippen LogP contribution in [-0.4, -0.2) is 44.6 Å². The molecule has 1 fully saturated rings. The molecule has 8 heteroatoms. The van der Waals surface area contributed by atoms with E-state index in [1.54, 1.807) is 9.58 Å². The van der Waals surface area contributed by atoms with Crippen molar-refractivity contribution < 1.29 is 14.1 Å². The molecule has 0 spiro atoms. The van der Waals surface area contributed by atoms with Crippen molar-refractivity contribution in [3.8, 4) is 5.69 Å². The standard InChI is InChI=1S/C22H25N5O3/c1-14-18(15(2)30-25-14)8-9-20(28)26-11-10-16(13-26)21(29)19-12-24-27(22(19)23)17-6-4-3-5-7-17/h3-7,12,16H,8-11,13,23H2,1-2H3/t16-/m0/s1. The van der Waals surface area contributed by atoms with Crippen molar-refractivity contribution >= 4 is 17.5 Å². The van der Waals surface area contributed by atoms with E-state index in [1.807, 2.05) is 44.2 Å². The molecule has 3 heterocycles. The summed E-state index contributed by atoms with van der Waals surface area (Å²) in [5.41, 5.74) is 9.23. The van der Waals surface area contributed by atoms with Crippen LogP contribution in [-0.2, 0) is 11.2 Å². The molecular weight excluding hydrogens is 382 g/mol. The van der Waals surface area contributed by atoms with Crippen molar-refractivity contribution in [3.63, 3.8) is 0 Å². The van der Waals surface area contributed by atoms with Crippen LogP contribution in [0.1, 0.15) is 40.2 Å². The summed E-state index contributed by atoms with van der Waals surface area (Å²) in [5, 5.41) is 8.21. The second kappa shape index (κ2) is 8.14. The fourth-order valence-corrected chi connectivity index (χ4v) is 3.99. The monoisotopic (exact) mass is 407 g/mol. The van der Waals surface area contributed by atoms with Gasteiger partial charge in [0.05, 0.1) is 23.1 Å². The molecule has 1 aliphatic rings. The van der Waals surface area contributed by atoms with E-state index in [4.69, 9.17) is 10.3 Å². The first kappa shape index (κ1) is 19.9. The Bertz CT molecular complexity index is 1050. The normalized spacial score (nSPS) is 16.2. The molecule has 0 aliphatic carbocycles. The lowest BCUT2D eigenvalue weighted by molar-refractivity contribution is -0.130. The minimum atomic E-state index is -0.260. The highest BCUT2D eigenvalue weighted by Gasteiger charge is 2.33. The number of rotatable bonds is 6. The summed E-state index contributed by atoms with van der Waals surface area (Å²) in [5.74, 6) is 0.799. The number of carbonyl (C=O) groups is 2. The van der Waals surface area contributed by atoms with Crippen LogP contribution < -0.4 is 5.73 Å². The van der Waals surface area contributed by atoms with Crippen molar-refractivity contribution in [1.29, 1.82) is 0 Å². The van der Waals surface area contributed by atoms with Gasteiger partial charge in [-0.15, -0.1) is 0 Å². The number of hydrogen-bond donors (Lipinski definition) is 1. The quantitative estimate of drug-likeness (QED) is 0.630. The van der Waals surface area contributed by atoms with Crippen LogP contribution in [0.2, 0.25) is 0 Å². The molecule has 0 saturated carbocycles. The number of Topliss-reactive ketones (excluding diaryl/α,β-unsaturated/α-hetero) is 1. The summed E-state index contributed by atoms with van der Waals surface area (Å²) in [6.45, 7) is 4.71. The van der Waals surface area contributed by atoms with E-state index < -0.39 is 0 Å². The molecule has 0 unspecified atom stereocenters. The molecule has 1 aromatic carbocycles. The molecule has 1 atom stereocenters. The van der Waals surface area contributed by atoms with Gasteiger partial charge in [-0.25, -0.2) is 4.68 Å². The number of aryl methyl sites for hydroxylation is 2. The van der Waals surface area contributed by atoms with Gasteiger partial charge in [0, 0.05) is 31.0 Å². The minimum Gasteiger partial charge on any atom is -0.383 e. The molecule has 2 N–H and O–H groups in total. The highest BCUT2D eigenvalue weighted by molar-refractivity contribution is 6.02. The zero-order valence-corrected chi connectivity index (χ0v) is 17.2. The number of anilines is 1. The van der Waals surface area contributed by atoms with Crippen molar-refractivity contribution in [2.75, 3.05) is 18.8 Å². The van der Waals surface area contributed by atoms with Gasteiger partial charge in [0.2, 0.25) is 5.91 Å². The number of nitrogens with zero attached hydrogens (tertiary/aromatic N) is 4. The van der Waals surface area contributed by atoms with Crippen molar-refractivity contribution in [3.05, 3.63) is 59.1 Å². The number of likely N-dealkylation sites (tertiary alicyclic amines) is 1. The van der Waals surface area contributed by atoms with Crippen LogP contribution in [0, 0.1) is 19.8 Å². The third kappa shape index (κ3) is 3.72. The van der Waals surface area contributed by atoms with Crippen molar-refractivity contribution in [1.82, 2.24) is 19.8 Å². The first-order chi connectivity index (χ1) is 14.5. The zero-order valence-electron chi connectivity index (χ0n) is 17.2. The van der Waals surface area contributed by atoms with Crippen LogP contribution in [0.15, 0.2) is 41.1 Å². The molecule has 30 heavy (non-hydrogen) atoms. The van der Waals surface area contributed by atoms with Gasteiger partial charge in [0.1, 0.15) is 11.6 Å². The Hall–Kier alpha value is -3.42. The summed E-state index contributed by atoms with van der Waals surface area (Å²) < 4.78 is 6.72. The topological polar surface area (TPSA) is 107 Å². The van der Waals surface area contributed by atoms with Gasteiger partial charge in [-0.3, -0.25) is 9.59 Å². The van der Waals surface area contributed by atoms with Crippen molar-refractivity contribution in [2.45, 2.75) is 33.1 Å². The van der Waals surface area contributed by atoms with E-state index >= 15 is 0 Å². The Morgan fingerprint density at radius 1 is 1.23 bits per heavy atom. The van der Waals surface area contributed by atoms with Crippen LogP contribution in [0.3, 0.4) is 0 Å². The molecule has 8 nitrogen and oxygen atoms in total. The van der Waals surface area contributed by atoms with E-state index in [2.05, 4.69) is 10.3 Å². The lowest BCUT2D eigenvalue weighted by atomic mass is 9.98. The van der Waals surface area contributed by atoms with E-state index in [-0.39, 0.29) is 17.6 Å². The summed E-state index contributed by atoms with van der Waals surface area (Å²) >= 11 is 0. The highest BCUT2D eigenvalue weighted by Crippen LogP contribution is 2.26. The van der Waals surface area contributed by atoms with Gasteiger partial charge in [-0.1, -0.05) is 23.4 Å². The lowest BCUT2D eigenvalue weighted by Crippen LogP contribution is -2.30. The number of aromatic nitrogens is 3. The van der Waals surface area contributed by atoms with E-state index in [0.29, 0.717) is 43.7 Å². The number of benzene rings is 1. The number of carbonyl (C=O) groups excluding carboxylic acids is 2. The van der Waals surface area contributed by atoms with E-state index in [0.717, 1.165) is 22.7 Å². The fourth-order valence-electron chi connectivity index (χ4n) is 3.99. The fraction of sp³-hybridized carbons (Fsp3) is 0.364. The summed E-state index contributed by atoms with van der Waals surface area (Å²) in [4.78, 5) is 27.4. The Morgan fingerprint density at radius 2 is 2.00 bits per heavy atom. The predicted molar refractivity (Wildman–Crippen MR) is 111 cm³/mol. The lowest BCUT2D eigenvalue weighted by Gasteiger charge is -2.16.